The molecule has 0 aromatic heterocycles. The van der Waals surface area contributed by atoms with Gasteiger partial charge in [-0.1, -0.05) is 6.07 Å². The average molecular weight is 264 g/mol. The number of esters is 1. The fourth-order valence-electron chi connectivity index (χ4n) is 2.28. The van der Waals surface area contributed by atoms with Gasteiger partial charge in [-0.05, 0) is 32.9 Å². The van der Waals surface area contributed by atoms with Gasteiger partial charge in [0.05, 0.1) is 18.8 Å². The summed E-state index contributed by atoms with van der Waals surface area (Å²) in [4.78, 5) is 14.1. The number of nitrogens with two attached hydrogens (primary N) is 1. The van der Waals surface area contributed by atoms with Crippen molar-refractivity contribution in [1.82, 2.24) is 0 Å². The zero-order valence-corrected chi connectivity index (χ0v) is 11.6. The minimum atomic E-state index is -0.774. The normalized spacial score (nSPS) is 14.6. The zero-order chi connectivity index (χ0) is 14.0. The van der Waals surface area contributed by atoms with Gasteiger partial charge in [-0.15, -0.1) is 0 Å². The largest absolute Gasteiger partial charge is 0.489 e. The molecule has 5 heteroatoms. The number of fused-ring (bicyclic) bond motifs is 1. The predicted octanol–water partition coefficient (Wildman–Crippen LogP) is 1.81. The molecule has 0 aliphatic carbocycles. The van der Waals surface area contributed by atoms with Crippen LogP contribution in [0.1, 0.15) is 20.8 Å². The molecule has 1 aromatic carbocycles. The Morgan fingerprint density at radius 3 is 2.95 bits per heavy atom. The molecule has 0 amide bonds. The van der Waals surface area contributed by atoms with Gasteiger partial charge in [-0.25, -0.2) is 4.79 Å². The molecule has 0 fully saturated rings. The van der Waals surface area contributed by atoms with E-state index in [0.717, 1.165) is 5.69 Å². The first-order valence-corrected chi connectivity index (χ1v) is 6.44. The molecule has 1 aliphatic rings. The van der Waals surface area contributed by atoms with Gasteiger partial charge in [0, 0.05) is 0 Å². The molecule has 0 atom stereocenters. The number of para-hydroxylation sites is 1. The van der Waals surface area contributed by atoms with E-state index in [9.17, 15) is 4.79 Å². The lowest BCUT2D eigenvalue weighted by atomic mass is 10.00. The van der Waals surface area contributed by atoms with Crippen molar-refractivity contribution in [2.24, 2.45) is 0 Å². The summed E-state index contributed by atoms with van der Waals surface area (Å²) in [6, 6.07) is 5.51. The van der Waals surface area contributed by atoms with Gasteiger partial charge >= 0.3 is 5.97 Å². The van der Waals surface area contributed by atoms with Crippen molar-refractivity contribution in [1.29, 1.82) is 0 Å². The Hall–Kier alpha value is -1.91. The number of nitrogens with zero attached hydrogens (tertiary/aromatic N) is 1. The fraction of sp³-hybridized carbons (Fsp3) is 0.500. The van der Waals surface area contributed by atoms with Crippen molar-refractivity contribution in [3.63, 3.8) is 0 Å². The molecule has 1 aromatic rings. The summed E-state index contributed by atoms with van der Waals surface area (Å²) in [6.45, 7) is 6.98. The smallest absolute Gasteiger partial charge is 0.331 e. The van der Waals surface area contributed by atoms with Crippen LogP contribution in [0, 0.1) is 0 Å². The number of anilines is 2. The lowest BCUT2D eigenvalue weighted by Crippen LogP contribution is -2.54. The molecule has 0 bridgehead atoms. The summed E-state index contributed by atoms with van der Waals surface area (Å²) >= 11 is 0. The summed E-state index contributed by atoms with van der Waals surface area (Å²) in [5.74, 6) is 0.453. The van der Waals surface area contributed by atoms with Gasteiger partial charge in [0.25, 0.3) is 0 Å². The van der Waals surface area contributed by atoms with Crippen molar-refractivity contribution in [2.75, 3.05) is 30.4 Å². The minimum Gasteiger partial charge on any atom is -0.489 e. The molecule has 2 rings (SSSR count). The maximum Gasteiger partial charge on any atom is 0.331 e. The van der Waals surface area contributed by atoms with Gasteiger partial charge in [-0.2, -0.15) is 0 Å². The summed E-state index contributed by atoms with van der Waals surface area (Å²) in [7, 11) is 0. The predicted molar refractivity (Wildman–Crippen MR) is 74.4 cm³/mol. The Balaban J connectivity index is 2.40. The van der Waals surface area contributed by atoms with Crippen LogP contribution in [0.3, 0.4) is 0 Å². The number of carbonyl (C=O) groups is 1. The van der Waals surface area contributed by atoms with E-state index in [4.69, 9.17) is 15.2 Å². The maximum absolute atomic E-state index is 12.1. The molecule has 104 valence electrons. The second-order valence-corrected chi connectivity index (χ2v) is 4.97. The molecule has 1 heterocycles. The first-order valence-electron chi connectivity index (χ1n) is 6.44. The highest BCUT2D eigenvalue weighted by Gasteiger charge is 2.39. The zero-order valence-electron chi connectivity index (χ0n) is 11.6. The lowest BCUT2D eigenvalue weighted by Gasteiger charge is -2.41. The fourth-order valence-corrected chi connectivity index (χ4v) is 2.28. The molecule has 1 aliphatic heterocycles. The topological polar surface area (TPSA) is 64.8 Å². The van der Waals surface area contributed by atoms with Crippen LogP contribution in [0.2, 0.25) is 0 Å². The Morgan fingerprint density at radius 1 is 1.53 bits per heavy atom. The van der Waals surface area contributed by atoms with E-state index in [1.54, 1.807) is 6.92 Å². The number of ether oxygens (including phenoxy) is 2. The first kappa shape index (κ1) is 13.5. The number of carbonyl (C=O) groups excluding carboxylic acids is 1. The summed E-state index contributed by atoms with van der Waals surface area (Å²) in [5, 5.41) is 0. The van der Waals surface area contributed by atoms with Crippen molar-refractivity contribution in [2.45, 2.75) is 26.3 Å². The number of nitrogen functional groups attached to an aromatic ring is 1. The average Bonchev–Trinajstić information content (AvgIpc) is 2.38. The first-order chi connectivity index (χ1) is 8.98. The number of rotatable bonds is 3. The van der Waals surface area contributed by atoms with Crippen LogP contribution < -0.4 is 15.4 Å². The van der Waals surface area contributed by atoms with Crippen LogP contribution in [0.5, 0.6) is 5.75 Å². The molecular formula is C14H20N2O3. The van der Waals surface area contributed by atoms with E-state index in [0.29, 0.717) is 31.2 Å². The van der Waals surface area contributed by atoms with Gasteiger partial charge in [0.15, 0.2) is 0 Å². The second kappa shape index (κ2) is 4.99. The Labute approximate surface area is 113 Å². The Bertz CT molecular complexity index is 486. The number of hydrogen-bond donors (Lipinski definition) is 1. The molecule has 0 radical (unpaired) electrons. The van der Waals surface area contributed by atoms with Crippen LogP contribution >= 0.6 is 0 Å². The van der Waals surface area contributed by atoms with Crippen molar-refractivity contribution in [3.8, 4) is 5.75 Å². The van der Waals surface area contributed by atoms with Crippen molar-refractivity contribution in [3.05, 3.63) is 18.2 Å². The highest BCUT2D eigenvalue weighted by Crippen LogP contribution is 2.40. The molecule has 19 heavy (non-hydrogen) atoms. The second-order valence-electron chi connectivity index (χ2n) is 4.97. The van der Waals surface area contributed by atoms with Gasteiger partial charge < -0.3 is 20.1 Å². The van der Waals surface area contributed by atoms with Crippen molar-refractivity contribution < 1.29 is 14.3 Å². The third-order valence-electron chi connectivity index (χ3n) is 3.32. The van der Waals surface area contributed by atoms with Crippen LogP contribution in [0.15, 0.2) is 18.2 Å². The highest BCUT2D eigenvalue weighted by molar-refractivity contribution is 5.88. The molecule has 2 N–H and O–H groups in total. The maximum atomic E-state index is 12.1. The van der Waals surface area contributed by atoms with Gasteiger partial charge in [0.1, 0.15) is 23.6 Å². The van der Waals surface area contributed by atoms with E-state index in [1.807, 2.05) is 36.9 Å². The summed E-state index contributed by atoms with van der Waals surface area (Å²) in [5.41, 5.74) is 6.63. The number of benzene rings is 1. The molecule has 0 spiro atoms. The summed E-state index contributed by atoms with van der Waals surface area (Å²) < 4.78 is 10.7. The highest BCUT2D eigenvalue weighted by atomic mass is 16.5. The van der Waals surface area contributed by atoms with E-state index in [-0.39, 0.29) is 5.97 Å². The van der Waals surface area contributed by atoms with Gasteiger partial charge in [0.2, 0.25) is 0 Å². The molecule has 5 nitrogen and oxygen atoms in total. The molecule has 0 unspecified atom stereocenters. The van der Waals surface area contributed by atoms with Gasteiger partial charge in [-0.3, -0.25) is 0 Å². The molecular weight excluding hydrogens is 244 g/mol. The standard InChI is InChI=1S/C14H20N2O3/c1-4-18-13(17)14(2,3)16-8-9-19-11-7-5-6-10(15)12(11)16/h5-7H,4,8-9,15H2,1-3H3. The molecule has 0 saturated carbocycles. The summed E-state index contributed by atoms with van der Waals surface area (Å²) in [6.07, 6.45) is 0. The Kier molecular flexibility index (Phi) is 3.55. The van der Waals surface area contributed by atoms with Crippen LogP contribution in [0.4, 0.5) is 11.4 Å². The minimum absolute atomic E-state index is 0.258. The van der Waals surface area contributed by atoms with Crippen LogP contribution in [-0.2, 0) is 9.53 Å². The van der Waals surface area contributed by atoms with Crippen LogP contribution in [0.25, 0.3) is 0 Å². The van der Waals surface area contributed by atoms with E-state index in [2.05, 4.69) is 0 Å². The lowest BCUT2D eigenvalue weighted by molar-refractivity contribution is -0.148. The third-order valence-corrected chi connectivity index (χ3v) is 3.32. The van der Waals surface area contributed by atoms with E-state index >= 15 is 0 Å². The third kappa shape index (κ3) is 2.32. The van der Waals surface area contributed by atoms with Crippen LogP contribution in [-0.4, -0.2) is 31.3 Å². The number of hydrogen-bond acceptors (Lipinski definition) is 5. The van der Waals surface area contributed by atoms with Crippen molar-refractivity contribution >= 4 is 17.3 Å². The SMILES string of the molecule is CCOC(=O)C(C)(C)N1CCOc2cccc(N)c21. The molecule has 0 saturated heterocycles. The monoisotopic (exact) mass is 264 g/mol. The van der Waals surface area contributed by atoms with E-state index in [1.165, 1.54) is 0 Å². The quantitative estimate of drug-likeness (QED) is 0.666. The van der Waals surface area contributed by atoms with E-state index < -0.39 is 5.54 Å². The Morgan fingerprint density at radius 2 is 2.26 bits per heavy atom.